The molecule has 1 aliphatic heterocycles. The van der Waals surface area contributed by atoms with Crippen LogP contribution in [-0.2, 0) is 9.53 Å². The van der Waals surface area contributed by atoms with Crippen molar-refractivity contribution in [3.05, 3.63) is 0 Å². The standard InChI is InChI=1S/C10H17NO3/c12-7-10(4-5-10)11-9(13)8-3-1-2-6-14-8/h8,12H,1-7H2,(H,11,13). The molecule has 2 fully saturated rings. The second-order valence-corrected chi connectivity index (χ2v) is 4.28. The summed E-state index contributed by atoms with van der Waals surface area (Å²) in [6, 6.07) is 0. The molecule has 0 radical (unpaired) electrons. The Labute approximate surface area is 83.6 Å². The van der Waals surface area contributed by atoms with Gasteiger partial charge in [0, 0.05) is 6.61 Å². The van der Waals surface area contributed by atoms with Crippen LogP contribution >= 0.6 is 0 Å². The van der Waals surface area contributed by atoms with Crippen molar-refractivity contribution >= 4 is 5.91 Å². The Bertz CT molecular complexity index is 219. The Morgan fingerprint density at radius 2 is 2.29 bits per heavy atom. The van der Waals surface area contributed by atoms with Crippen LogP contribution in [-0.4, -0.2) is 35.9 Å². The van der Waals surface area contributed by atoms with Crippen LogP contribution < -0.4 is 5.32 Å². The van der Waals surface area contributed by atoms with Gasteiger partial charge in [-0.15, -0.1) is 0 Å². The molecule has 1 heterocycles. The van der Waals surface area contributed by atoms with Crippen molar-refractivity contribution in [3.8, 4) is 0 Å². The summed E-state index contributed by atoms with van der Waals surface area (Å²) in [6.07, 6.45) is 4.42. The van der Waals surface area contributed by atoms with Crippen LogP contribution in [0.15, 0.2) is 0 Å². The van der Waals surface area contributed by atoms with Gasteiger partial charge in [0.25, 0.3) is 0 Å². The monoisotopic (exact) mass is 199 g/mol. The number of nitrogens with one attached hydrogen (secondary N) is 1. The first-order valence-corrected chi connectivity index (χ1v) is 5.30. The van der Waals surface area contributed by atoms with Gasteiger partial charge in [-0.3, -0.25) is 4.79 Å². The zero-order valence-electron chi connectivity index (χ0n) is 8.29. The van der Waals surface area contributed by atoms with Gasteiger partial charge in [0.2, 0.25) is 5.91 Å². The quantitative estimate of drug-likeness (QED) is 0.682. The summed E-state index contributed by atoms with van der Waals surface area (Å²) in [5.41, 5.74) is -0.308. The number of amides is 1. The van der Waals surface area contributed by atoms with Crippen molar-refractivity contribution in [3.63, 3.8) is 0 Å². The lowest BCUT2D eigenvalue weighted by atomic mass is 10.1. The number of aliphatic hydroxyl groups excluding tert-OH is 1. The number of hydrogen-bond acceptors (Lipinski definition) is 3. The van der Waals surface area contributed by atoms with Crippen molar-refractivity contribution < 1.29 is 14.6 Å². The zero-order valence-corrected chi connectivity index (χ0v) is 8.29. The van der Waals surface area contributed by atoms with Gasteiger partial charge in [0.05, 0.1) is 12.1 Å². The molecular weight excluding hydrogens is 182 g/mol. The first-order chi connectivity index (χ1) is 6.76. The van der Waals surface area contributed by atoms with Crippen LogP contribution in [0.4, 0.5) is 0 Å². The Balaban J connectivity index is 1.82. The molecule has 0 bridgehead atoms. The van der Waals surface area contributed by atoms with Gasteiger partial charge < -0.3 is 15.2 Å². The van der Waals surface area contributed by atoms with Crippen molar-refractivity contribution in [2.45, 2.75) is 43.7 Å². The lowest BCUT2D eigenvalue weighted by Gasteiger charge is -2.24. The fraction of sp³-hybridized carbons (Fsp3) is 0.900. The molecule has 0 aromatic rings. The second-order valence-electron chi connectivity index (χ2n) is 4.28. The first kappa shape index (κ1) is 9.93. The second kappa shape index (κ2) is 3.87. The van der Waals surface area contributed by atoms with E-state index in [0.29, 0.717) is 6.61 Å². The minimum absolute atomic E-state index is 0.0451. The average Bonchev–Trinajstić information content (AvgIpc) is 3.00. The van der Waals surface area contributed by atoms with E-state index < -0.39 is 0 Å². The lowest BCUT2D eigenvalue weighted by molar-refractivity contribution is -0.136. The van der Waals surface area contributed by atoms with Crippen LogP contribution in [0.3, 0.4) is 0 Å². The molecule has 1 saturated heterocycles. The molecule has 2 aliphatic rings. The number of carbonyl (C=O) groups excluding carboxylic acids is 1. The summed E-state index contributed by atoms with van der Waals surface area (Å²) in [4.78, 5) is 11.7. The third-order valence-electron chi connectivity index (χ3n) is 3.02. The number of hydrogen-bond donors (Lipinski definition) is 2. The van der Waals surface area contributed by atoms with Gasteiger partial charge in [-0.2, -0.15) is 0 Å². The largest absolute Gasteiger partial charge is 0.394 e. The highest BCUT2D eigenvalue weighted by Crippen LogP contribution is 2.34. The maximum atomic E-state index is 11.7. The molecule has 0 spiro atoms. The lowest BCUT2D eigenvalue weighted by Crippen LogP contribution is -2.46. The van der Waals surface area contributed by atoms with E-state index in [4.69, 9.17) is 9.84 Å². The van der Waals surface area contributed by atoms with Gasteiger partial charge in [-0.25, -0.2) is 0 Å². The van der Waals surface area contributed by atoms with Crippen LogP contribution in [0, 0.1) is 0 Å². The number of carbonyl (C=O) groups is 1. The van der Waals surface area contributed by atoms with Gasteiger partial charge in [-0.1, -0.05) is 0 Å². The molecule has 4 heteroatoms. The molecule has 80 valence electrons. The van der Waals surface area contributed by atoms with E-state index in [-0.39, 0.29) is 24.2 Å². The maximum Gasteiger partial charge on any atom is 0.249 e. The summed E-state index contributed by atoms with van der Waals surface area (Å²) in [7, 11) is 0. The highest BCUT2D eigenvalue weighted by atomic mass is 16.5. The van der Waals surface area contributed by atoms with Crippen LogP contribution in [0.1, 0.15) is 32.1 Å². The van der Waals surface area contributed by atoms with E-state index in [2.05, 4.69) is 5.32 Å². The molecular formula is C10H17NO3. The minimum atomic E-state index is -0.308. The van der Waals surface area contributed by atoms with E-state index in [1.807, 2.05) is 0 Å². The molecule has 4 nitrogen and oxygen atoms in total. The smallest absolute Gasteiger partial charge is 0.249 e. The van der Waals surface area contributed by atoms with E-state index >= 15 is 0 Å². The molecule has 0 aromatic heterocycles. The Morgan fingerprint density at radius 1 is 1.50 bits per heavy atom. The molecule has 2 rings (SSSR count). The molecule has 14 heavy (non-hydrogen) atoms. The molecule has 2 N–H and O–H groups in total. The number of rotatable bonds is 3. The maximum absolute atomic E-state index is 11.7. The van der Waals surface area contributed by atoms with Crippen LogP contribution in [0.5, 0.6) is 0 Å². The van der Waals surface area contributed by atoms with E-state index in [1.165, 1.54) is 0 Å². The average molecular weight is 199 g/mol. The topological polar surface area (TPSA) is 58.6 Å². The summed E-state index contributed by atoms with van der Waals surface area (Å²) < 4.78 is 5.36. The Morgan fingerprint density at radius 3 is 2.79 bits per heavy atom. The van der Waals surface area contributed by atoms with Gasteiger partial charge >= 0.3 is 0 Å². The molecule has 0 aromatic carbocycles. The summed E-state index contributed by atoms with van der Waals surface area (Å²) in [5.74, 6) is -0.0451. The fourth-order valence-corrected chi connectivity index (χ4v) is 1.76. The molecule has 1 amide bonds. The summed E-state index contributed by atoms with van der Waals surface area (Å²) >= 11 is 0. The van der Waals surface area contributed by atoms with Gasteiger partial charge in [-0.05, 0) is 32.1 Å². The predicted octanol–water partition coefficient (Wildman–Crippen LogP) is 0.197. The first-order valence-electron chi connectivity index (χ1n) is 5.30. The highest BCUT2D eigenvalue weighted by Gasteiger charge is 2.44. The van der Waals surface area contributed by atoms with Gasteiger partial charge in [0.1, 0.15) is 6.10 Å². The predicted molar refractivity (Wildman–Crippen MR) is 50.8 cm³/mol. The molecule has 1 unspecified atom stereocenters. The molecule has 1 saturated carbocycles. The van der Waals surface area contributed by atoms with Gasteiger partial charge in [0.15, 0.2) is 0 Å². The Kier molecular flexibility index (Phi) is 2.74. The number of aliphatic hydroxyl groups is 1. The molecule has 1 atom stereocenters. The van der Waals surface area contributed by atoms with Crippen molar-refractivity contribution in [1.82, 2.24) is 5.32 Å². The SMILES string of the molecule is O=C(NC1(CO)CC1)C1CCCCO1. The summed E-state index contributed by atoms with van der Waals surface area (Å²) in [5, 5.41) is 11.9. The Hall–Kier alpha value is -0.610. The summed E-state index contributed by atoms with van der Waals surface area (Å²) in [6.45, 7) is 0.732. The fourth-order valence-electron chi connectivity index (χ4n) is 1.76. The van der Waals surface area contributed by atoms with Crippen LogP contribution in [0.2, 0.25) is 0 Å². The van der Waals surface area contributed by atoms with E-state index in [1.54, 1.807) is 0 Å². The van der Waals surface area contributed by atoms with Crippen molar-refractivity contribution in [1.29, 1.82) is 0 Å². The van der Waals surface area contributed by atoms with Crippen LogP contribution in [0.25, 0.3) is 0 Å². The third kappa shape index (κ3) is 2.07. The number of ether oxygens (including phenoxy) is 1. The van der Waals surface area contributed by atoms with E-state index in [0.717, 1.165) is 32.1 Å². The third-order valence-corrected chi connectivity index (χ3v) is 3.02. The van der Waals surface area contributed by atoms with Crippen molar-refractivity contribution in [2.24, 2.45) is 0 Å². The zero-order chi connectivity index (χ0) is 10.0. The minimum Gasteiger partial charge on any atom is -0.394 e. The normalized spacial score (nSPS) is 29.6. The van der Waals surface area contributed by atoms with E-state index in [9.17, 15) is 4.79 Å². The van der Waals surface area contributed by atoms with Crippen molar-refractivity contribution in [2.75, 3.05) is 13.2 Å². The molecule has 1 aliphatic carbocycles. The highest BCUT2D eigenvalue weighted by molar-refractivity contribution is 5.82.